The molecule has 3 saturated carbocycles. The summed E-state index contributed by atoms with van der Waals surface area (Å²) in [5, 5.41) is 11.0. The highest BCUT2D eigenvalue weighted by molar-refractivity contribution is 5.38. The second-order valence-electron chi connectivity index (χ2n) is 7.67. The standard InChI is InChI=1S/C19H24O2/c20-17-14-9-6-10-15(17)18-11-4-5-12-19(18,21-18)16(14)13-7-2-1-3-8-13/h1-3,7-8,14-17,20H,4-6,9-12H2/t14-,15-,16-,17-,18-,19+/m0/s1. The van der Waals surface area contributed by atoms with Gasteiger partial charge in [-0.1, -0.05) is 49.6 Å². The first-order valence-electron chi connectivity index (χ1n) is 8.72. The van der Waals surface area contributed by atoms with Gasteiger partial charge in [-0.25, -0.2) is 0 Å². The molecule has 1 aromatic carbocycles. The van der Waals surface area contributed by atoms with Crippen LogP contribution in [0.15, 0.2) is 30.3 Å². The average molecular weight is 284 g/mol. The second-order valence-corrected chi connectivity index (χ2v) is 7.67. The van der Waals surface area contributed by atoms with Gasteiger partial charge in [0.2, 0.25) is 0 Å². The van der Waals surface area contributed by atoms with Crippen molar-refractivity contribution in [1.29, 1.82) is 0 Å². The van der Waals surface area contributed by atoms with Crippen molar-refractivity contribution in [2.75, 3.05) is 0 Å². The molecule has 3 aliphatic carbocycles. The Labute approximate surface area is 126 Å². The Bertz CT molecular complexity index is 556. The molecule has 6 atom stereocenters. The third kappa shape index (κ3) is 1.41. The summed E-state index contributed by atoms with van der Waals surface area (Å²) >= 11 is 0. The molecular weight excluding hydrogens is 260 g/mol. The van der Waals surface area contributed by atoms with Gasteiger partial charge in [0, 0.05) is 11.8 Å². The van der Waals surface area contributed by atoms with Crippen molar-refractivity contribution in [3.8, 4) is 0 Å². The summed E-state index contributed by atoms with van der Waals surface area (Å²) in [6, 6.07) is 10.9. The van der Waals surface area contributed by atoms with Crippen LogP contribution in [0.5, 0.6) is 0 Å². The van der Waals surface area contributed by atoms with Gasteiger partial charge in [-0.3, -0.25) is 0 Å². The second kappa shape index (κ2) is 4.11. The van der Waals surface area contributed by atoms with E-state index in [0.717, 1.165) is 0 Å². The molecule has 5 rings (SSSR count). The van der Waals surface area contributed by atoms with Crippen molar-refractivity contribution >= 4 is 0 Å². The fraction of sp³-hybridized carbons (Fsp3) is 0.684. The van der Waals surface area contributed by atoms with Crippen LogP contribution in [-0.4, -0.2) is 22.4 Å². The van der Waals surface area contributed by atoms with Gasteiger partial charge in [-0.05, 0) is 37.2 Å². The Hall–Kier alpha value is -0.860. The lowest BCUT2D eigenvalue weighted by Gasteiger charge is -2.51. The highest BCUT2D eigenvalue weighted by atomic mass is 16.6. The molecule has 1 aliphatic heterocycles. The van der Waals surface area contributed by atoms with Gasteiger partial charge in [0.25, 0.3) is 0 Å². The molecule has 2 nitrogen and oxygen atoms in total. The third-order valence-corrected chi connectivity index (χ3v) is 6.98. The van der Waals surface area contributed by atoms with Crippen LogP contribution in [0.25, 0.3) is 0 Å². The zero-order valence-corrected chi connectivity index (χ0v) is 12.5. The van der Waals surface area contributed by atoms with E-state index in [4.69, 9.17) is 4.74 Å². The lowest BCUT2D eigenvalue weighted by Crippen LogP contribution is -2.57. The molecule has 0 aromatic heterocycles. The maximum Gasteiger partial charge on any atom is 0.106 e. The monoisotopic (exact) mass is 284 g/mol. The number of benzene rings is 1. The summed E-state index contributed by atoms with van der Waals surface area (Å²) in [5.74, 6) is 1.21. The van der Waals surface area contributed by atoms with Gasteiger partial charge in [0.15, 0.2) is 0 Å². The van der Waals surface area contributed by atoms with Gasteiger partial charge in [0.05, 0.1) is 6.10 Å². The Morgan fingerprint density at radius 3 is 2.52 bits per heavy atom. The summed E-state index contributed by atoms with van der Waals surface area (Å²) in [6.07, 6.45) is 8.38. The van der Waals surface area contributed by atoms with Gasteiger partial charge < -0.3 is 9.84 Å². The zero-order chi connectivity index (χ0) is 14.1. The Morgan fingerprint density at radius 1 is 0.952 bits per heavy atom. The molecular formula is C19H24O2. The lowest BCUT2D eigenvalue weighted by atomic mass is 9.51. The van der Waals surface area contributed by atoms with E-state index in [1.807, 2.05) is 0 Å². The van der Waals surface area contributed by atoms with E-state index in [1.54, 1.807) is 0 Å². The van der Waals surface area contributed by atoms with E-state index in [-0.39, 0.29) is 17.3 Å². The minimum absolute atomic E-state index is 0.0160. The van der Waals surface area contributed by atoms with Crippen LogP contribution < -0.4 is 0 Å². The molecule has 1 N–H and O–H groups in total. The first-order chi connectivity index (χ1) is 10.3. The average Bonchev–Trinajstić information content (AvgIpc) is 3.20. The van der Waals surface area contributed by atoms with E-state index in [1.165, 1.54) is 50.5 Å². The number of rotatable bonds is 1. The zero-order valence-electron chi connectivity index (χ0n) is 12.5. The first-order valence-corrected chi connectivity index (χ1v) is 8.72. The van der Waals surface area contributed by atoms with E-state index in [0.29, 0.717) is 17.8 Å². The summed E-state index contributed by atoms with van der Waals surface area (Å²) in [6.45, 7) is 0. The molecule has 0 unspecified atom stereocenters. The van der Waals surface area contributed by atoms with Crippen LogP contribution >= 0.6 is 0 Å². The van der Waals surface area contributed by atoms with Crippen molar-refractivity contribution in [1.82, 2.24) is 0 Å². The van der Waals surface area contributed by atoms with Gasteiger partial charge in [-0.15, -0.1) is 0 Å². The molecule has 1 heterocycles. The molecule has 1 aromatic rings. The van der Waals surface area contributed by atoms with Crippen molar-refractivity contribution in [2.24, 2.45) is 11.8 Å². The van der Waals surface area contributed by atoms with E-state index in [9.17, 15) is 5.11 Å². The first kappa shape index (κ1) is 12.7. The smallest absolute Gasteiger partial charge is 0.106 e. The van der Waals surface area contributed by atoms with E-state index < -0.39 is 0 Å². The highest BCUT2D eigenvalue weighted by Gasteiger charge is 2.81. The van der Waals surface area contributed by atoms with Crippen molar-refractivity contribution < 1.29 is 9.84 Å². The molecule has 2 heteroatoms. The summed E-state index contributed by atoms with van der Waals surface area (Å²) in [4.78, 5) is 0. The molecule has 4 aliphatic rings. The summed E-state index contributed by atoms with van der Waals surface area (Å²) < 4.78 is 6.61. The van der Waals surface area contributed by atoms with Crippen LogP contribution in [0.1, 0.15) is 56.4 Å². The molecule has 112 valence electrons. The van der Waals surface area contributed by atoms with Crippen molar-refractivity contribution in [2.45, 2.75) is 68.2 Å². The summed E-state index contributed by atoms with van der Waals surface area (Å²) in [5.41, 5.74) is 1.47. The fourth-order valence-corrected chi connectivity index (χ4v) is 6.27. The molecule has 21 heavy (non-hydrogen) atoms. The summed E-state index contributed by atoms with van der Waals surface area (Å²) in [7, 11) is 0. The molecule has 0 radical (unpaired) electrons. The fourth-order valence-electron chi connectivity index (χ4n) is 6.27. The Kier molecular flexibility index (Phi) is 2.48. The molecule has 0 spiro atoms. The lowest BCUT2D eigenvalue weighted by molar-refractivity contribution is -0.0557. The van der Waals surface area contributed by atoms with Crippen LogP contribution in [0.3, 0.4) is 0 Å². The predicted octanol–water partition coefficient (Wildman–Crippen LogP) is 3.64. The topological polar surface area (TPSA) is 32.8 Å². The number of aliphatic hydroxyl groups excluding tert-OH is 1. The van der Waals surface area contributed by atoms with Crippen LogP contribution in [0.4, 0.5) is 0 Å². The number of aliphatic hydroxyl groups is 1. The highest BCUT2D eigenvalue weighted by Crippen LogP contribution is 2.74. The maximum atomic E-state index is 11.0. The van der Waals surface area contributed by atoms with Crippen LogP contribution in [0, 0.1) is 11.8 Å². The minimum Gasteiger partial charge on any atom is -0.392 e. The van der Waals surface area contributed by atoms with Gasteiger partial charge >= 0.3 is 0 Å². The van der Waals surface area contributed by atoms with Crippen molar-refractivity contribution in [3.63, 3.8) is 0 Å². The molecule has 2 bridgehead atoms. The Balaban J connectivity index is 1.66. The molecule has 0 amide bonds. The number of ether oxygens (including phenoxy) is 1. The minimum atomic E-state index is -0.155. The van der Waals surface area contributed by atoms with E-state index in [2.05, 4.69) is 30.3 Å². The SMILES string of the molecule is O[C@H]1[C@H]2CCC[C@@H]1[C@@]13CCCC[C@@]1(O3)[C@H]2c1ccccc1. The molecule has 4 fully saturated rings. The normalized spacial score (nSPS) is 50.9. The predicted molar refractivity (Wildman–Crippen MR) is 81.0 cm³/mol. The third-order valence-electron chi connectivity index (χ3n) is 6.98. The van der Waals surface area contributed by atoms with E-state index >= 15 is 0 Å². The number of hydrogen-bond donors (Lipinski definition) is 1. The number of hydrogen-bond acceptors (Lipinski definition) is 2. The van der Waals surface area contributed by atoms with Gasteiger partial charge in [0.1, 0.15) is 11.2 Å². The van der Waals surface area contributed by atoms with Gasteiger partial charge in [-0.2, -0.15) is 0 Å². The largest absolute Gasteiger partial charge is 0.392 e. The maximum absolute atomic E-state index is 11.0. The van der Waals surface area contributed by atoms with Crippen LogP contribution in [-0.2, 0) is 4.74 Å². The number of epoxide rings is 1. The van der Waals surface area contributed by atoms with Crippen LogP contribution in [0.2, 0.25) is 0 Å². The Morgan fingerprint density at radius 2 is 1.71 bits per heavy atom. The van der Waals surface area contributed by atoms with Crippen molar-refractivity contribution in [3.05, 3.63) is 35.9 Å². The molecule has 1 saturated heterocycles. The quantitative estimate of drug-likeness (QED) is 0.799. The number of fused-ring (bicyclic) bond motifs is 2.